The number of hydrogen-bond acceptors (Lipinski definition) is 6. The number of rotatable bonds is 3. The highest BCUT2D eigenvalue weighted by Crippen LogP contribution is 2.57. The minimum absolute atomic E-state index is 0.00905. The van der Waals surface area contributed by atoms with Gasteiger partial charge >= 0.3 is 0 Å². The van der Waals surface area contributed by atoms with Crippen molar-refractivity contribution in [2.45, 2.75) is 32.1 Å². The molecule has 26 heavy (non-hydrogen) atoms. The summed E-state index contributed by atoms with van der Waals surface area (Å²) in [4.78, 5) is 22.2. The Kier molecular flexibility index (Phi) is 4.09. The summed E-state index contributed by atoms with van der Waals surface area (Å²) in [6.07, 6.45) is 3.42. The molecule has 6 nitrogen and oxygen atoms in total. The summed E-state index contributed by atoms with van der Waals surface area (Å²) >= 11 is 1.67. The number of ether oxygens (including phenoxy) is 1. The fraction of sp³-hybridized carbons (Fsp3) is 0.632. The van der Waals surface area contributed by atoms with E-state index in [1.807, 2.05) is 11.0 Å². The predicted octanol–water partition coefficient (Wildman–Crippen LogP) is 3.10. The van der Waals surface area contributed by atoms with Gasteiger partial charge in [-0.15, -0.1) is 11.3 Å². The van der Waals surface area contributed by atoms with Crippen LogP contribution in [-0.2, 0) is 9.53 Å². The molecule has 0 aromatic carbocycles. The third kappa shape index (κ3) is 2.68. The van der Waals surface area contributed by atoms with Crippen molar-refractivity contribution in [3.63, 3.8) is 0 Å². The van der Waals surface area contributed by atoms with Crippen molar-refractivity contribution in [2.24, 2.45) is 17.8 Å². The number of amides is 1. The van der Waals surface area contributed by atoms with E-state index in [4.69, 9.17) is 14.2 Å². The first-order chi connectivity index (χ1) is 12.7. The highest BCUT2D eigenvalue weighted by molar-refractivity contribution is 7.15. The van der Waals surface area contributed by atoms with Crippen LogP contribution in [0.2, 0.25) is 0 Å². The van der Waals surface area contributed by atoms with Crippen LogP contribution in [-0.4, -0.2) is 47.3 Å². The molecule has 1 amide bonds. The van der Waals surface area contributed by atoms with E-state index in [2.05, 4.69) is 18.1 Å². The molecule has 3 aliphatic rings. The second kappa shape index (κ2) is 6.46. The maximum Gasteiger partial charge on any atom is 0.231 e. The van der Waals surface area contributed by atoms with Gasteiger partial charge in [-0.05, 0) is 50.2 Å². The summed E-state index contributed by atoms with van der Waals surface area (Å²) in [5, 5.41) is 4.21. The minimum Gasteiger partial charge on any atom is -0.378 e. The Bertz CT molecular complexity index is 811. The van der Waals surface area contributed by atoms with Crippen LogP contribution in [0.25, 0.3) is 10.7 Å². The van der Waals surface area contributed by atoms with Crippen LogP contribution in [0, 0.1) is 24.7 Å². The summed E-state index contributed by atoms with van der Waals surface area (Å²) in [5.74, 6) is 2.59. The summed E-state index contributed by atoms with van der Waals surface area (Å²) in [5.41, 5.74) is 0. The molecule has 2 bridgehead atoms. The van der Waals surface area contributed by atoms with Gasteiger partial charge in [0.15, 0.2) is 0 Å². The number of morpholine rings is 1. The molecular formula is C19H23N3O3S. The largest absolute Gasteiger partial charge is 0.378 e. The summed E-state index contributed by atoms with van der Waals surface area (Å²) in [6, 6.07) is 4.10. The Morgan fingerprint density at radius 1 is 1.23 bits per heavy atom. The van der Waals surface area contributed by atoms with Gasteiger partial charge < -0.3 is 14.2 Å². The fourth-order valence-electron chi connectivity index (χ4n) is 5.02. The van der Waals surface area contributed by atoms with E-state index in [1.165, 1.54) is 4.88 Å². The maximum absolute atomic E-state index is 13.2. The summed E-state index contributed by atoms with van der Waals surface area (Å²) in [7, 11) is 0. The van der Waals surface area contributed by atoms with Crippen molar-refractivity contribution in [3.05, 3.63) is 22.9 Å². The van der Waals surface area contributed by atoms with Gasteiger partial charge in [-0.25, -0.2) is 0 Å². The topological polar surface area (TPSA) is 68.5 Å². The van der Waals surface area contributed by atoms with Crippen molar-refractivity contribution >= 4 is 17.2 Å². The van der Waals surface area contributed by atoms with Gasteiger partial charge in [-0.2, -0.15) is 4.98 Å². The van der Waals surface area contributed by atoms with E-state index < -0.39 is 0 Å². The van der Waals surface area contributed by atoms with Gasteiger partial charge in [0.25, 0.3) is 0 Å². The van der Waals surface area contributed by atoms with Gasteiger partial charge in [0, 0.05) is 18.0 Å². The number of thiophene rings is 1. The van der Waals surface area contributed by atoms with Crippen LogP contribution in [0.4, 0.5) is 0 Å². The molecule has 3 heterocycles. The Balaban J connectivity index is 1.43. The maximum atomic E-state index is 13.2. The van der Waals surface area contributed by atoms with Crippen molar-refractivity contribution < 1.29 is 14.1 Å². The molecule has 1 saturated heterocycles. The number of hydrogen-bond donors (Lipinski definition) is 0. The van der Waals surface area contributed by atoms with Crippen LogP contribution in [0.1, 0.15) is 35.9 Å². The molecule has 2 aromatic heterocycles. The van der Waals surface area contributed by atoms with Gasteiger partial charge in [0.05, 0.1) is 29.9 Å². The zero-order valence-electron chi connectivity index (χ0n) is 14.9. The van der Waals surface area contributed by atoms with Crippen molar-refractivity contribution in [3.8, 4) is 10.7 Å². The predicted molar refractivity (Wildman–Crippen MR) is 96.8 cm³/mol. The summed E-state index contributed by atoms with van der Waals surface area (Å²) in [6.45, 7) is 4.74. The van der Waals surface area contributed by atoms with Crippen LogP contribution >= 0.6 is 11.3 Å². The summed E-state index contributed by atoms with van der Waals surface area (Å²) < 4.78 is 11.1. The Morgan fingerprint density at radius 3 is 2.81 bits per heavy atom. The van der Waals surface area contributed by atoms with E-state index in [9.17, 15) is 4.79 Å². The third-order valence-corrected chi connectivity index (χ3v) is 7.21. The Morgan fingerprint density at radius 2 is 2.04 bits per heavy atom. The lowest BCUT2D eigenvalue weighted by molar-refractivity contribution is -0.142. The van der Waals surface area contributed by atoms with E-state index in [0.29, 0.717) is 49.9 Å². The van der Waals surface area contributed by atoms with E-state index in [0.717, 1.165) is 24.1 Å². The Hall–Kier alpha value is -1.73. The van der Waals surface area contributed by atoms with Gasteiger partial charge in [0.2, 0.25) is 17.6 Å². The average molecular weight is 373 g/mol. The van der Waals surface area contributed by atoms with Crippen LogP contribution in [0.3, 0.4) is 0 Å². The lowest BCUT2D eigenvalue weighted by atomic mass is 9.78. The molecule has 4 atom stereocenters. The number of aryl methyl sites for hydroxylation is 1. The molecule has 2 saturated carbocycles. The van der Waals surface area contributed by atoms with Crippen LogP contribution in [0.5, 0.6) is 0 Å². The van der Waals surface area contributed by atoms with Gasteiger partial charge in [-0.1, -0.05) is 5.16 Å². The first-order valence-electron chi connectivity index (χ1n) is 9.47. The normalized spacial score (nSPS) is 30.9. The molecule has 0 unspecified atom stereocenters. The smallest absolute Gasteiger partial charge is 0.231 e. The fourth-order valence-corrected chi connectivity index (χ4v) is 5.82. The molecule has 138 valence electrons. The second-order valence-corrected chi connectivity index (χ2v) is 8.98. The molecule has 0 spiro atoms. The van der Waals surface area contributed by atoms with E-state index in [-0.39, 0.29) is 17.7 Å². The first-order valence-corrected chi connectivity index (χ1v) is 10.3. The average Bonchev–Trinajstić information content (AvgIpc) is 3.44. The van der Waals surface area contributed by atoms with Crippen molar-refractivity contribution in [1.82, 2.24) is 15.0 Å². The number of carbonyl (C=O) groups is 1. The number of fused-ring (bicyclic) bond motifs is 2. The SMILES string of the molecule is Cc1ccc(-c2noc([C@H]3[C@@H]4CC[C@@H](C4)[C@@H]3C(=O)N3CCOCC3)n2)s1. The molecule has 0 radical (unpaired) electrons. The molecule has 2 aromatic rings. The van der Waals surface area contributed by atoms with E-state index >= 15 is 0 Å². The molecule has 1 aliphatic heterocycles. The Labute approximate surface area is 156 Å². The van der Waals surface area contributed by atoms with E-state index in [1.54, 1.807) is 11.3 Å². The van der Waals surface area contributed by atoms with Crippen molar-refractivity contribution in [1.29, 1.82) is 0 Å². The van der Waals surface area contributed by atoms with Gasteiger partial charge in [0.1, 0.15) is 0 Å². The molecule has 0 N–H and O–H groups in total. The van der Waals surface area contributed by atoms with Crippen LogP contribution in [0.15, 0.2) is 16.7 Å². The highest BCUT2D eigenvalue weighted by Gasteiger charge is 2.54. The lowest BCUT2D eigenvalue weighted by Gasteiger charge is -2.34. The molecule has 2 aliphatic carbocycles. The monoisotopic (exact) mass is 373 g/mol. The standard InChI is InChI=1S/C19H23N3O3S/c1-11-2-5-14(26-11)17-20-18(25-21-17)15-12-3-4-13(10-12)16(15)19(23)22-6-8-24-9-7-22/h2,5,12-13,15-16H,3-4,6-10H2,1H3/t12-,13+,15+,16+/m1/s1. The zero-order valence-corrected chi connectivity index (χ0v) is 15.7. The van der Waals surface area contributed by atoms with Crippen LogP contribution < -0.4 is 0 Å². The second-order valence-electron chi connectivity index (χ2n) is 7.69. The molecule has 3 fully saturated rings. The number of nitrogens with zero attached hydrogens (tertiary/aromatic N) is 3. The zero-order chi connectivity index (χ0) is 17.7. The molecular weight excluding hydrogens is 350 g/mol. The molecule has 5 rings (SSSR count). The highest BCUT2D eigenvalue weighted by atomic mass is 32.1. The third-order valence-electron chi connectivity index (χ3n) is 6.21. The van der Waals surface area contributed by atoms with Gasteiger partial charge in [-0.3, -0.25) is 4.79 Å². The lowest BCUT2D eigenvalue weighted by Crippen LogP contribution is -2.46. The number of aromatic nitrogens is 2. The quantitative estimate of drug-likeness (QED) is 0.827. The van der Waals surface area contributed by atoms with Crippen molar-refractivity contribution in [2.75, 3.05) is 26.3 Å². The first kappa shape index (κ1) is 16.4. The number of carbonyl (C=O) groups excluding carboxylic acids is 1. The molecule has 7 heteroatoms. The minimum atomic E-state index is -0.00905.